The molecule has 7 nitrogen and oxygen atoms in total. The molecule has 2 aliphatic rings. The molecule has 26 heavy (non-hydrogen) atoms. The minimum absolute atomic E-state index is 0.0164. The van der Waals surface area contributed by atoms with Gasteiger partial charge in [-0.1, -0.05) is 6.07 Å². The molecule has 1 aliphatic carbocycles. The van der Waals surface area contributed by atoms with E-state index in [9.17, 15) is 9.59 Å². The van der Waals surface area contributed by atoms with Crippen molar-refractivity contribution < 1.29 is 9.59 Å². The molecule has 3 amide bonds. The average Bonchev–Trinajstić information content (AvgIpc) is 3.43. The fourth-order valence-corrected chi connectivity index (χ4v) is 3.07. The first-order chi connectivity index (χ1) is 12.7. The molecule has 0 aromatic carbocycles. The van der Waals surface area contributed by atoms with Gasteiger partial charge in [-0.05, 0) is 42.5 Å². The minimum atomic E-state index is -0.195. The monoisotopic (exact) mass is 351 g/mol. The number of pyridine rings is 2. The molecule has 0 spiro atoms. The third-order valence-corrected chi connectivity index (χ3v) is 4.73. The Hall–Kier alpha value is -2.96. The molecule has 2 aromatic rings. The third kappa shape index (κ3) is 3.66. The number of aromatic nitrogens is 2. The Morgan fingerprint density at radius 2 is 2.12 bits per heavy atom. The predicted octanol–water partition coefficient (Wildman–Crippen LogP) is 2.06. The van der Waals surface area contributed by atoms with Crippen molar-refractivity contribution in [3.63, 3.8) is 0 Å². The van der Waals surface area contributed by atoms with Gasteiger partial charge < -0.3 is 10.2 Å². The molecule has 2 aromatic heterocycles. The van der Waals surface area contributed by atoms with Crippen LogP contribution in [0.15, 0.2) is 42.9 Å². The number of hydrogen-bond acceptors (Lipinski definition) is 4. The first-order valence-corrected chi connectivity index (χ1v) is 8.90. The minimum Gasteiger partial charge on any atom is -0.348 e. The summed E-state index contributed by atoms with van der Waals surface area (Å²) in [5.41, 5.74) is 1.42. The van der Waals surface area contributed by atoms with E-state index >= 15 is 0 Å². The highest BCUT2D eigenvalue weighted by molar-refractivity contribution is 5.97. The zero-order valence-corrected chi connectivity index (χ0v) is 14.5. The topological polar surface area (TPSA) is 78.4 Å². The van der Waals surface area contributed by atoms with Crippen LogP contribution in [-0.2, 0) is 6.54 Å². The normalized spacial score (nSPS) is 16.8. The molecule has 3 heterocycles. The summed E-state index contributed by atoms with van der Waals surface area (Å²) in [5.74, 6) is 0.998. The molecule has 1 saturated heterocycles. The standard InChI is InChI=1S/C19H21N5O2/c25-18(22-12-15-2-1-6-20-11-15)16-5-7-21-17(10-16)24-9-8-23(19(24)26)13-14-3-4-14/h1-2,5-7,10-11,14H,3-4,8-9,12-13H2,(H,22,25). The summed E-state index contributed by atoms with van der Waals surface area (Å²) in [7, 11) is 0. The fraction of sp³-hybridized carbons (Fsp3) is 0.368. The summed E-state index contributed by atoms with van der Waals surface area (Å²) in [6, 6.07) is 7.06. The van der Waals surface area contributed by atoms with Crippen molar-refractivity contribution in [1.29, 1.82) is 0 Å². The van der Waals surface area contributed by atoms with E-state index in [1.54, 1.807) is 35.6 Å². The number of amides is 3. The number of carbonyl (C=O) groups excluding carboxylic acids is 2. The van der Waals surface area contributed by atoms with Gasteiger partial charge in [0.25, 0.3) is 5.91 Å². The van der Waals surface area contributed by atoms with Crippen LogP contribution in [0, 0.1) is 5.92 Å². The highest BCUT2D eigenvalue weighted by atomic mass is 16.2. The van der Waals surface area contributed by atoms with E-state index in [0.29, 0.717) is 36.9 Å². The summed E-state index contributed by atoms with van der Waals surface area (Å²) in [6.45, 7) is 2.57. The molecule has 2 fully saturated rings. The first-order valence-electron chi connectivity index (χ1n) is 8.90. The second-order valence-electron chi connectivity index (χ2n) is 6.77. The Bertz CT molecular complexity index is 807. The zero-order valence-electron chi connectivity index (χ0n) is 14.5. The number of rotatable bonds is 6. The first kappa shape index (κ1) is 16.5. The van der Waals surface area contributed by atoms with Gasteiger partial charge in [0.15, 0.2) is 0 Å². The fourth-order valence-electron chi connectivity index (χ4n) is 3.07. The quantitative estimate of drug-likeness (QED) is 0.864. The number of carbonyl (C=O) groups is 2. The Kier molecular flexibility index (Phi) is 4.51. The molecule has 0 unspecified atom stereocenters. The van der Waals surface area contributed by atoms with Crippen molar-refractivity contribution in [1.82, 2.24) is 20.2 Å². The molecule has 0 radical (unpaired) electrons. The molecule has 4 rings (SSSR count). The summed E-state index contributed by atoms with van der Waals surface area (Å²) in [6.07, 6.45) is 7.42. The summed E-state index contributed by atoms with van der Waals surface area (Å²) < 4.78 is 0. The van der Waals surface area contributed by atoms with E-state index in [-0.39, 0.29) is 11.9 Å². The van der Waals surface area contributed by atoms with E-state index in [1.807, 2.05) is 17.0 Å². The number of nitrogens with zero attached hydrogens (tertiary/aromatic N) is 4. The van der Waals surface area contributed by atoms with Crippen LogP contribution in [0.1, 0.15) is 28.8 Å². The average molecular weight is 351 g/mol. The van der Waals surface area contributed by atoms with Crippen molar-refractivity contribution >= 4 is 17.8 Å². The van der Waals surface area contributed by atoms with Crippen LogP contribution >= 0.6 is 0 Å². The van der Waals surface area contributed by atoms with Gasteiger partial charge in [-0.3, -0.25) is 14.7 Å². The second-order valence-corrected chi connectivity index (χ2v) is 6.77. The van der Waals surface area contributed by atoms with Crippen LogP contribution in [0.2, 0.25) is 0 Å². The van der Waals surface area contributed by atoms with Crippen molar-refractivity contribution in [3.8, 4) is 0 Å². The van der Waals surface area contributed by atoms with Crippen molar-refractivity contribution in [3.05, 3.63) is 54.0 Å². The van der Waals surface area contributed by atoms with Gasteiger partial charge in [-0.15, -0.1) is 0 Å². The Labute approximate surface area is 152 Å². The third-order valence-electron chi connectivity index (χ3n) is 4.73. The molecule has 0 atom stereocenters. The second kappa shape index (κ2) is 7.11. The smallest absolute Gasteiger partial charge is 0.325 e. The van der Waals surface area contributed by atoms with E-state index < -0.39 is 0 Å². The molecule has 1 N–H and O–H groups in total. The van der Waals surface area contributed by atoms with Crippen molar-refractivity contribution in [2.75, 3.05) is 24.5 Å². The highest BCUT2D eigenvalue weighted by Gasteiger charge is 2.34. The van der Waals surface area contributed by atoms with E-state index in [4.69, 9.17) is 0 Å². The SMILES string of the molecule is O=C(NCc1cccnc1)c1ccnc(N2CCN(CC3CC3)C2=O)c1. The van der Waals surface area contributed by atoms with Gasteiger partial charge in [-0.2, -0.15) is 0 Å². The zero-order chi connectivity index (χ0) is 17.9. The lowest BCUT2D eigenvalue weighted by Crippen LogP contribution is -2.33. The number of hydrogen-bond donors (Lipinski definition) is 1. The Morgan fingerprint density at radius 1 is 1.23 bits per heavy atom. The maximum atomic E-state index is 12.6. The lowest BCUT2D eigenvalue weighted by atomic mass is 10.2. The Morgan fingerprint density at radius 3 is 2.88 bits per heavy atom. The van der Waals surface area contributed by atoms with Gasteiger partial charge in [0.1, 0.15) is 5.82 Å². The van der Waals surface area contributed by atoms with Crippen LogP contribution in [0.3, 0.4) is 0 Å². The van der Waals surface area contributed by atoms with Crippen LogP contribution < -0.4 is 10.2 Å². The van der Waals surface area contributed by atoms with Crippen LogP contribution in [0.5, 0.6) is 0 Å². The number of nitrogens with one attached hydrogen (secondary N) is 1. The molecule has 134 valence electrons. The maximum absolute atomic E-state index is 12.6. The largest absolute Gasteiger partial charge is 0.348 e. The van der Waals surface area contributed by atoms with Crippen LogP contribution in [-0.4, -0.2) is 46.4 Å². The number of urea groups is 1. The van der Waals surface area contributed by atoms with Crippen molar-refractivity contribution in [2.24, 2.45) is 5.92 Å². The van der Waals surface area contributed by atoms with Crippen LogP contribution in [0.4, 0.5) is 10.6 Å². The van der Waals surface area contributed by atoms with E-state index in [2.05, 4.69) is 15.3 Å². The van der Waals surface area contributed by atoms with Gasteiger partial charge >= 0.3 is 6.03 Å². The molecule has 0 bridgehead atoms. The maximum Gasteiger partial charge on any atom is 0.325 e. The molecular formula is C19H21N5O2. The Balaban J connectivity index is 1.41. The molecule has 1 saturated carbocycles. The van der Waals surface area contributed by atoms with Gasteiger partial charge in [0.05, 0.1) is 0 Å². The van der Waals surface area contributed by atoms with E-state index in [0.717, 1.165) is 12.1 Å². The highest BCUT2D eigenvalue weighted by Crippen LogP contribution is 2.31. The van der Waals surface area contributed by atoms with Crippen LogP contribution in [0.25, 0.3) is 0 Å². The number of anilines is 1. The lowest BCUT2D eigenvalue weighted by molar-refractivity contribution is 0.0950. The summed E-state index contributed by atoms with van der Waals surface area (Å²) in [4.78, 5) is 36.8. The molecule has 7 heteroatoms. The molecule has 1 aliphatic heterocycles. The predicted molar refractivity (Wildman–Crippen MR) is 96.7 cm³/mol. The summed E-state index contributed by atoms with van der Waals surface area (Å²) >= 11 is 0. The van der Waals surface area contributed by atoms with Gasteiger partial charge in [0, 0.05) is 50.3 Å². The molecular weight excluding hydrogens is 330 g/mol. The lowest BCUT2D eigenvalue weighted by Gasteiger charge is -2.18. The van der Waals surface area contributed by atoms with Gasteiger partial charge in [0.2, 0.25) is 0 Å². The van der Waals surface area contributed by atoms with E-state index in [1.165, 1.54) is 12.8 Å². The summed E-state index contributed by atoms with van der Waals surface area (Å²) in [5, 5.41) is 2.87. The van der Waals surface area contributed by atoms with Crippen molar-refractivity contribution in [2.45, 2.75) is 19.4 Å². The van der Waals surface area contributed by atoms with Gasteiger partial charge in [-0.25, -0.2) is 9.78 Å².